The molecule has 0 saturated carbocycles. The highest BCUT2D eigenvalue weighted by atomic mass is 16.4. The third kappa shape index (κ3) is 2.49. The Labute approximate surface area is 120 Å². The van der Waals surface area contributed by atoms with Crippen LogP contribution in [-0.4, -0.2) is 50.4 Å². The Bertz CT molecular complexity index is 668. The van der Waals surface area contributed by atoms with E-state index in [2.05, 4.69) is 15.4 Å². The summed E-state index contributed by atoms with van der Waals surface area (Å²) in [5, 5.41) is 19.4. The molecule has 2 N–H and O–H groups in total. The first-order valence-corrected chi connectivity index (χ1v) is 6.65. The lowest BCUT2D eigenvalue weighted by Gasteiger charge is -2.14. The number of carboxylic acids is 1. The number of H-pyrrole nitrogens is 1. The fourth-order valence-electron chi connectivity index (χ4n) is 2.47. The molecule has 1 aliphatic heterocycles. The topological polar surface area (TPSA) is 99.2 Å². The van der Waals surface area contributed by atoms with Gasteiger partial charge in [0.05, 0.1) is 5.92 Å². The highest BCUT2D eigenvalue weighted by molar-refractivity contribution is 5.98. The minimum absolute atomic E-state index is 0.218. The molecule has 1 saturated heterocycles. The van der Waals surface area contributed by atoms with Gasteiger partial charge in [0.15, 0.2) is 5.69 Å². The van der Waals surface area contributed by atoms with E-state index in [0.717, 1.165) is 5.56 Å². The maximum atomic E-state index is 12.5. The van der Waals surface area contributed by atoms with E-state index in [1.807, 2.05) is 30.3 Å². The van der Waals surface area contributed by atoms with Crippen LogP contribution in [-0.2, 0) is 4.79 Å². The number of carbonyl (C=O) groups excluding carboxylic acids is 1. The molecule has 7 nitrogen and oxygen atoms in total. The molecule has 1 aliphatic rings. The van der Waals surface area contributed by atoms with Crippen molar-refractivity contribution in [1.82, 2.24) is 20.3 Å². The van der Waals surface area contributed by atoms with Gasteiger partial charge < -0.3 is 10.0 Å². The van der Waals surface area contributed by atoms with Crippen molar-refractivity contribution in [2.75, 3.05) is 13.1 Å². The Kier molecular flexibility index (Phi) is 3.39. The number of hydrogen-bond donors (Lipinski definition) is 2. The van der Waals surface area contributed by atoms with Gasteiger partial charge in [0.1, 0.15) is 5.69 Å². The lowest BCUT2D eigenvalue weighted by atomic mass is 10.1. The summed E-state index contributed by atoms with van der Waals surface area (Å²) in [6, 6.07) is 9.28. The van der Waals surface area contributed by atoms with E-state index in [-0.39, 0.29) is 18.1 Å². The third-order valence-electron chi connectivity index (χ3n) is 3.62. The molecule has 2 aromatic rings. The van der Waals surface area contributed by atoms with Crippen molar-refractivity contribution in [1.29, 1.82) is 0 Å². The molecular formula is C14H14N4O3. The second-order valence-corrected chi connectivity index (χ2v) is 4.96. The minimum atomic E-state index is -0.867. The Balaban J connectivity index is 1.84. The molecule has 2 heterocycles. The van der Waals surface area contributed by atoms with Crippen LogP contribution in [0, 0.1) is 5.92 Å². The summed E-state index contributed by atoms with van der Waals surface area (Å²) >= 11 is 0. The number of rotatable bonds is 3. The first kappa shape index (κ1) is 13.3. The summed E-state index contributed by atoms with van der Waals surface area (Å²) in [5.41, 5.74) is 1.51. The molecule has 7 heteroatoms. The Morgan fingerprint density at radius 2 is 2.00 bits per heavy atom. The van der Waals surface area contributed by atoms with Crippen molar-refractivity contribution in [2.45, 2.75) is 6.42 Å². The fraction of sp³-hybridized carbons (Fsp3) is 0.286. The van der Waals surface area contributed by atoms with Crippen molar-refractivity contribution in [2.24, 2.45) is 5.92 Å². The zero-order chi connectivity index (χ0) is 14.8. The highest BCUT2D eigenvalue weighted by Crippen LogP contribution is 2.23. The largest absolute Gasteiger partial charge is 0.481 e. The molecule has 1 aromatic carbocycles. The van der Waals surface area contributed by atoms with E-state index in [4.69, 9.17) is 5.11 Å². The van der Waals surface area contributed by atoms with Crippen LogP contribution in [0.2, 0.25) is 0 Å². The van der Waals surface area contributed by atoms with Gasteiger partial charge in [-0.1, -0.05) is 30.3 Å². The molecule has 1 fully saturated rings. The van der Waals surface area contributed by atoms with Gasteiger partial charge in [-0.15, -0.1) is 0 Å². The molecule has 1 aromatic heterocycles. The third-order valence-corrected chi connectivity index (χ3v) is 3.62. The lowest BCUT2D eigenvalue weighted by Crippen LogP contribution is -2.30. The molecule has 1 atom stereocenters. The normalized spacial score (nSPS) is 17.9. The molecular weight excluding hydrogens is 272 g/mol. The Morgan fingerprint density at radius 1 is 1.24 bits per heavy atom. The van der Waals surface area contributed by atoms with Crippen molar-refractivity contribution < 1.29 is 14.7 Å². The van der Waals surface area contributed by atoms with Gasteiger partial charge in [-0.05, 0) is 6.42 Å². The van der Waals surface area contributed by atoms with Crippen LogP contribution >= 0.6 is 0 Å². The number of aromatic nitrogens is 3. The zero-order valence-corrected chi connectivity index (χ0v) is 11.2. The molecule has 21 heavy (non-hydrogen) atoms. The molecule has 0 spiro atoms. The average Bonchev–Trinajstić information content (AvgIpc) is 3.17. The lowest BCUT2D eigenvalue weighted by molar-refractivity contribution is -0.141. The monoisotopic (exact) mass is 286 g/mol. The number of nitrogens with one attached hydrogen (secondary N) is 1. The van der Waals surface area contributed by atoms with Crippen LogP contribution in [0.25, 0.3) is 11.3 Å². The van der Waals surface area contributed by atoms with E-state index in [1.54, 1.807) is 0 Å². The maximum Gasteiger partial charge on any atom is 0.308 e. The standard InChI is InChI=1S/C14H14N4O3/c19-13(18-7-6-10(8-18)14(20)21)12-11(15-17-16-12)9-4-2-1-3-5-9/h1-5,10H,6-8H2,(H,20,21)(H,15,16,17). The Morgan fingerprint density at radius 3 is 2.67 bits per heavy atom. The highest BCUT2D eigenvalue weighted by Gasteiger charge is 2.33. The van der Waals surface area contributed by atoms with E-state index in [1.165, 1.54) is 4.90 Å². The first-order valence-electron chi connectivity index (χ1n) is 6.65. The minimum Gasteiger partial charge on any atom is -0.481 e. The summed E-state index contributed by atoms with van der Waals surface area (Å²) in [4.78, 5) is 25.0. The van der Waals surface area contributed by atoms with Crippen LogP contribution < -0.4 is 0 Å². The van der Waals surface area contributed by atoms with E-state index in [0.29, 0.717) is 18.7 Å². The average molecular weight is 286 g/mol. The summed E-state index contributed by atoms with van der Waals surface area (Å²) in [6.45, 7) is 0.645. The van der Waals surface area contributed by atoms with Gasteiger partial charge in [0, 0.05) is 18.7 Å². The molecule has 3 rings (SSSR count). The van der Waals surface area contributed by atoms with Gasteiger partial charge in [-0.3, -0.25) is 9.59 Å². The summed E-state index contributed by atoms with van der Waals surface area (Å²) < 4.78 is 0. The molecule has 108 valence electrons. The number of aromatic amines is 1. The van der Waals surface area contributed by atoms with Crippen molar-refractivity contribution in [3.63, 3.8) is 0 Å². The number of amides is 1. The number of likely N-dealkylation sites (tertiary alicyclic amines) is 1. The SMILES string of the molecule is O=C(O)C1CCN(C(=O)c2n[nH]nc2-c2ccccc2)C1. The predicted octanol–water partition coefficient (Wildman–Crippen LogP) is 1.02. The smallest absolute Gasteiger partial charge is 0.308 e. The van der Waals surface area contributed by atoms with E-state index in [9.17, 15) is 9.59 Å². The fourth-order valence-corrected chi connectivity index (χ4v) is 2.47. The summed E-state index contributed by atoms with van der Waals surface area (Å²) in [6.07, 6.45) is 0.472. The van der Waals surface area contributed by atoms with Gasteiger partial charge in [0.2, 0.25) is 0 Å². The number of nitrogens with zero attached hydrogens (tertiary/aromatic N) is 3. The zero-order valence-electron chi connectivity index (χ0n) is 11.2. The van der Waals surface area contributed by atoms with Gasteiger partial charge in [-0.2, -0.15) is 15.4 Å². The maximum absolute atomic E-state index is 12.5. The summed E-state index contributed by atoms with van der Waals surface area (Å²) in [5.74, 6) is -1.65. The van der Waals surface area contributed by atoms with Gasteiger partial charge >= 0.3 is 5.97 Å². The molecule has 1 unspecified atom stereocenters. The number of aliphatic carboxylic acids is 1. The molecule has 0 radical (unpaired) electrons. The second kappa shape index (κ2) is 5.35. The molecule has 0 aliphatic carbocycles. The van der Waals surface area contributed by atoms with Crippen molar-refractivity contribution >= 4 is 11.9 Å². The predicted molar refractivity (Wildman–Crippen MR) is 73.5 cm³/mol. The first-order chi connectivity index (χ1) is 10.2. The molecule has 0 bridgehead atoms. The van der Waals surface area contributed by atoms with E-state index >= 15 is 0 Å². The van der Waals surface area contributed by atoms with Crippen LogP contribution in [0.15, 0.2) is 30.3 Å². The summed E-state index contributed by atoms with van der Waals surface area (Å²) in [7, 11) is 0. The van der Waals surface area contributed by atoms with Crippen LogP contribution in [0.4, 0.5) is 0 Å². The number of carbonyl (C=O) groups is 2. The molecule has 1 amide bonds. The second-order valence-electron chi connectivity index (χ2n) is 4.96. The number of benzene rings is 1. The Hall–Kier alpha value is -2.70. The van der Waals surface area contributed by atoms with E-state index < -0.39 is 11.9 Å². The van der Waals surface area contributed by atoms with Crippen LogP contribution in [0.3, 0.4) is 0 Å². The van der Waals surface area contributed by atoms with Gasteiger partial charge in [-0.25, -0.2) is 0 Å². The van der Waals surface area contributed by atoms with Crippen molar-refractivity contribution in [3.8, 4) is 11.3 Å². The van der Waals surface area contributed by atoms with Crippen LogP contribution in [0.5, 0.6) is 0 Å². The number of hydrogen-bond acceptors (Lipinski definition) is 4. The quantitative estimate of drug-likeness (QED) is 0.877. The van der Waals surface area contributed by atoms with Gasteiger partial charge in [0.25, 0.3) is 5.91 Å². The van der Waals surface area contributed by atoms with Crippen LogP contribution in [0.1, 0.15) is 16.9 Å². The number of carboxylic acid groups (broad SMARTS) is 1. The van der Waals surface area contributed by atoms with Crippen molar-refractivity contribution in [3.05, 3.63) is 36.0 Å².